The number of rotatable bonds is 3. The lowest BCUT2D eigenvalue weighted by molar-refractivity contribution is -0.132. The second-order valence-electron chi connectivity index (χ2n) is 6.99. The number of nitrogens with zero attached hydrogens (tertiary/aromatic N) is 1. The summed E-state index contributed by atoms with van der Waals surface area (Å²) >= 11 is 3.43. The summed E-state index contributed by atoms with van der Waals surface area (Å²) in [5.41, 5.74) is 2.89. The van der Waals surface area contributed by atoms with Crippen LogP contribution in [0.1, 0.15) is 28.5 Å². The van der Waals surface area contributed by atoms with Gasteiger partial charge in [-0.05, 0) is 61.4 Å². The monoisotopic (exact) mass is 451 g/mol. The van der Waals surface area contributed by atoms with E-state index in [4.69, 9.17) is 4.42 Å². The molecular formula is C23H18BrNO4. The Hall–Kier alpha value is -3.12. The largest absolute Gasteiger partial charge is 0.507 e. The average molecular weight is 452 g/mol. The van der Waals surface area contributed by atoms with Crippen LogP contribution in [0, 0.1) is 13.8 Å². The topological polar surface area (TPSA) is 70.8 Å². The molecular weight excluding hydrogens is 434 g/mol. The zero-order chi connectivity index (χ0) is 20.7. The van der Waals surface area contributed by atoms with Crippen LogP contribution in [0.4, 0.5) is 5.69 Å². The highest BCUT2D eigenvalue weighted by Crippen LogP contribution is 2.42. The van der Waals surface area contributed by atoms with Gasteiger partial charge in [-0.3, -0.25) is 14.5 Å². The first-order valence-electron chi connectivity index (χ1n) is 9.06. The number of aryl methyl sites for hydroxylation is 2. The molecule has 2 aromatic carbocycles. The number of Topliss-reactive ketones (excluding diaryl/α,β-unsaturated/α-hetero) is 1. The number of aliphatic hydroxyl groups is 1. The van der Waals surface area contributed by atoms with Gasteiger partial charge in [0.2, 0.25) is 0 Å². The van der Waals surface area contributed by atoms with Gasteiger partial charge in [-0.15, -0.1) is 0 Å². The standard InChI is InChI=1S/C23H18BrNO4/c1-13-5-3-6-16(11-13)25-20(18-7-4-10-29-18)19(22(27)23(25)28)21(26)15-8-9-17(24)14(2)12-15/h3-12,20,26H,1-2H3/b21-19-. The van der Waals surface area contributed by atoms with E-state index in [0.717, 1.165) is 15.6 Å². The van der Waals surface area contributed by atoms with E-state index in [-0.39, 0.29) is 11.3 Å². The molecule has 1 atom stereocenters. The molecule has 1 fully saturated rings. The Bertz CT molecular complexity index is 1150. The van der Waals surface area contributed by atoms with E-state index in [2.05, 4.69) is 15.9 Å². The van der Waals surface area contributed by atoms with Crippen LogP contribution in [0.3, 0.4) is 0 Å². The van der Waals surface area contributed by atoms with E-state index in [0.29, 0.717) is 17.0 Å². The predicted molar refractivity (Wildman–Crippen MR) is 114 cm³/mol. The number of halogens is 1. The van der Waals surface area contributed by atoms with Crippen molar-refractivity contribution >= 4 is 39.1 Å². The van der Waals surface area contributed by atoms with E-state index in [9.17, 15) is 14.7 Å². The number of aliphatic hydroxyl groups excluding tert-OH is 1. The number of carbonyl (C=O) groups is 2. The van der Waals surface area contributed by atoms with E-state index in [1.54, 1.807) is 36.4 Å². The molecule has 0 saturated carbocycles. The van der Waals surface area contributed by atoms with Gasteiger partial charge in [-0.2, -0.15) is 0 Å². The van der Waals surface area contributed by atoms with Crippen molar-refractivity contribution in [1.29, 1.82) is 0 Å². The van der Waals surface area contributed by atoms with Crippen LogP contribution in [0.25, 0.3) is 5.76 Å². The third-order valence-corrected chi connectivity index (χ3v) is 5.86. The van der Waals surface area contributed by atoms with Crippen molar-refractivity contribution < 1.29 is 19.1 Å². The van der Waals surface area contributed by atoms with Crippen molar-refractivity contribution in [2.24, 2.45) is 0 Å². The number of ketones is 1. The highest BCUT2D eigenvalue weighted by molar-refractivity contribution is 9.10. The third-order valence-electron chi connectivity index (χ3n) is 4.97. The van der Waals surface area contributed by atoms with Crippen LogP contribution in [0.2, 0.25) is 0 Å². The maximum absolute atomic E-state index is 13.0. The SMILES string of the molecule is Cc1cccc(N2C(=O)C(=O)/C(=C(\O)c3ccc(Br)c(C)c3)C2c2ccco2)c1. The van der Waals surface area contributed by atoms with Crippen LogP contribution in [-0.4, -0.2) is 16.8 Å². The molecule has 1 unspecified atom stereocenters. The molecule has 1 aliphatic rings. The van der Waals surface area contributed by atoms with Crippen LogP contribution in [-0.2, 0) is 9.59 Å². The van der Waals surface area contributed by atoms with Crippen molar-refractivity contribution in [2.75, 3.05) is 4.90 Å². The van der Waals surface area contributed by atoms with Gasteiger partial charge in [0.1, 0.15) is 17.6 Å². The van der Waals surface area contributed by atoms with Gasteiger partial charge in [0.25, 0.3) is 11.7 Å². The zero-order valence-corrected chi connectivity index (χ0v) is 17.4. The van der Waals surface area contributed by atoms with Gasteiger partial charge in [-0.25, -0.2) is 0 Å². The molecule has 0 radical (unpaired) electrons. The smallest absolute Gasteiger partial charge is 0.300 e. The quantitative estimate of drug-likeness (QED) is 0.333. The first-order valence-corrected chi connectivity index (χ1v) is 9.85. The molecule has 29 heavy (non-hydrogen) atoms. The summed E-state index contributed by atoms with van der Waals surface area (Å²) in [6.45, 7) is 3.79. The lowest BCUT2D eigenvalue weighted by Crippen LogP contribution is -2.29. The summed E-state index contributed by atoms with van der Waals surface area (Å²) in [7, 11) is 0. The summed E-state index contributed by atoms with van der Waals surface area (Å²) in [4.78, 5) is 27.3. The molecule has 5 nitrogen and oxygen atoms in total. The molecule has 3 aromatic rings. The van der Waals surface area contributed by atoms with Gasteiger partial charge >= 0.3 is 0 Å². The second kappa shape index (κ2) is 7.37. The molecule has 1 aliphatic heterocycles. The third kappa shape index (κ3) is 3.29. The fourth-order valence-corrected chi connectivity index (χ4v) is 3.79. The van der Waals surface area contributed by atoms with Crippen molar-refractivity contribution in [2.45, 2.75) is 19.9 Å². The highest BCUT2D eigenvalue weighted by Gasteiger charge is 2.48. The van der Waals surface area contributed by atoms with Gasteiger partial charge in [0.05, 0.1) is 11.8 Å². The molecule has 0 spiro atoms. The minimum absolute atomic E-state index is 0.00757. The average Bonchev–Trinajstić information content (AvgIpc) is 3.31. The van der Waals surface area contributed by atoms with Crippen LogP contribution in [0.5, 0.6) is 0 Å². The summed E-state index contributed by atoms with van der Waals surface area (Å²) in [5.74, 6) is -1.27. The number of amides is 1. The summed E-state index contributed by atoms with van der Waals surface area (Å²) in [6, 6.07) is 15.1. The molecule has 1 aromatic heterocycles. The maximum Gasteiger partial charge on any atom is 0.300 e. The first kappa shape index (κ1) is 19.2. The highest BCUT2D eigenvalue weighted by atomic mass is 79.9. The predicted octanol–water partition coefficient (Wildman–Crippen LogP) is 5.29. The molecule has 2 heterocycles. The van der Waals surface area contributed by atoms with Gasteiger partial charge < -0.3 is 9.52 Å². The normalized spacial score (nSPS) is 18.4. The van der Waals surface area contributed by atoms with E-state index in [1.807, 2.05) is 32.0 Å². The molecule has 0 bridgehead atoms. The molecule has 6 heteroatoms. The lowest BCUT2D eigenvalue weighted by Gasteiger charge is -2.23. The number of carbonyl (C=O) groups excluding carboxylic acids is 2. The minimum Gasteiger partial charge on any atom is -0.507 e. The van der Waals surface area contributed by atoms with Crippen molar-refractivity contribution in [3.05, 3.63) is 93.4 Å². The molecule has 146 valence electrons. The van der Waals surface area contributed by atoms with Crippen molar-refractivity contribution in [3.8, 4) is 0 Å². The minimum atomic E-state index is -0.851. The van der Waals surface area contributed by atoms with Crippen molar-refractivity contribution in [1.82, 2.24) is 0 Å². The van der Waals surface area contributed by atoms with Gasteiger partial charge in [0, 0.05) is 15.7 Å². The Morgan fingerprint density at radius 2 is 1.86 bits per heavy atom. The van der Waals surface area contributed by atoms with Gasteiger partial charge in [-0.1, -0.05) is 34.1 Å². The lowest BCUT2D eigenvalue weighted by atomic mass is 9.98. The van der Waals surface area contributed by atoms with Crippen LogP contribution < -0.4 is 4.90 Å². The number of furan rings is 1. The fraction of sp³-hybridized carbons (Fsp3) is 0.130. The van der Waals surface area contributed by atoms with Crippen LogP contribution >= 0.6 is 15.9 Å². The van der Waals surface area contributed by atoms with E-state index in [1.165, 1.54) is 11.2 Å². The van der Waals surface area contributed by atoms with Gasteiger partial charge in [0.15, 0.2) is 0 Å². The fourth-order valence-electron chi connectivity index (χ4n) is 3.54. The summed E-state index contributed by atoms with van der Waals surface area (Å²) in [6.07, 6.45) is 1.48. The maximum atomic E-state index is 13.0. The Kier molecular flexibility index (Phi) is 4.88. The Labute approximate surface area is 176 Å². The number of benzene rings is 2. The Morgan fingerprint density at radius 1 is 1.07 bits per heavy atom. The van der Waals surface area contributed by atoms with Crippen LogP contribution in [0.15, 0.2) is 75.3 Å². The zero-order valence-electron chi connectivity index (χ0n) is 15.8. The summed E-state index contributed by atoms with van der Waals surface area (Å²) in [5, 5.41) is 11.0. The number of hydrogen-bond acceptors (Lipinski definition) is 4. The number of anilines is 1. The molecule has 4 rings (SSSR count). The summed E-state index contributed by atoms with van der Waals surface area (Å²) < 4.78 is 6.44. The van der Waals surface area contributed by atoms with Crippen molar-refractivity contribution in [3.63, 3.8) is 0 Å². The second-order valence-corrected chi connectivity index (χ2v) is 7.84. The molecule has 1 N–H and O–H groups in total. The molecule has 1 amide bonds. The Balaban J connectivity index is 1.94. The Morgan fingerprint density at radius 3 is 2.52 bits per heavy atom. The van der Waals surface area contributed by atoms with E-state index < -0.39 is 17.7 Å². The first-order chi connectivity index (χ1) is 13.9. The van der Waals surface area contributed by atoms with E-state index >= 15 is 0 Å². The number of hydrogen-bond donors (Lipinski definition) is 1. The molecule has 1 saturated heterocycles. The molecule has 0 aliphatic carbocycles.